The number of thioether (sulfide) groups is 1. The van der Waals surface area contributed by atoms with Gasteiger partial charge in [-0.2, -0.15) is 18.4 Å². The Morgan fingerprint density at radius 2 is 1.95 bits per heavy atom. The van der Waals surface area contributed by atoms with Crippen molar-refractivity contribution in [2.45, 2.75) is 37.8 Å². The van der Waals surface area contributed by atoms with Gasteiger partial charge in [0.1, 0.15) is 0 Å². The summed E-state index contributed by atoms with van der Waals surface area (Å²) in [6, 6.07) is 5.62. The van der Waals surface area contributed by atoms with Crippen molar-refractivity contribution in [3.63, 3.8) is 0 Å². The van der Waals surface area contributed by atoms with Crippen molar-refractivity contribution in [2.75, 3.05) is 11.5 Å². The van der Waals surface area contributed by atoms with Crippen LogP contribution in [0, 0.1) is 16.7 Å². The van der Waals surface area contributed by atoms with Crippen molar-refractivity contribution in [1.82, 2.24) is 0 Å². The van der Waals surface area contributed by atoms with Crippen molar-refractivity contribution < 1.29 is 13.2 Å². The van der Waals surface area contributed by atoms with E-state index in [1.165, 1.54) is 17.8 Å². The average Bonchev–Trinajstić information content (AvgIpc) is 2.35. The number of nitriles is 1. The average molecular weight is 302 g/mol. The molecular formula is C14H17F3N2S. The number of nitrogen functional groups attached to an aromatic ring is 1. The fourth-order valence-corrected chi connectivity index (χ4v) is 2.51. The molecule has 0 radical (unpaired) electrons. The van der Waals surface area contributed by atoms with Crippen molar-refractivity contribution in [3.05, 3.63) is 23.8 Å². The molecule has 0 aliphatic heterocycles. The van der Waals surface area contributed by atoms with Crippen molar-refractivity contribution in [1.29, 1.82) is 5.26 Å². The molecule has 0 saturated carbocycles. The molecule has 110 valence electrons. The summed E-state index contributed by atoms with van der Waals surface area (Å²) < 4.78 is 37.5. The Bertz CT molecular complexity index is 504. The van der Waals surface area contributed by atoms with E-state index in [1.807, 2.05) is 13.8 Å². The second-order valence-corrected chi connectivity index (χ2v) is 6.33. The Labute approximate surface area is 121 Å². The molecule has 0 bridgehead atoms. The molecule has 0 heterocycles. The topological polar surface area (TPSA) is 49.8 Å². The minimum absolute atomic E-state index is 0.143. The van der Waals surface area contributed by atoms with Gasteiger partial charge in [0, 0.05) is 10.6 Å². The second kappa shape index (κ2) is 6.40. The third-order valence-corrected chi connectivity index (χ3v) is 4.02. The van der Waals surface area contributed by atoms with Crippen molar-refractivity contribution in [3.8, 4) is 6.07 Å². The summed E-state index contributed by atoms with van der Waals surface area (Å²) in [5.74, 6) is 0.723. The number of hydrogen-bond acceptors (Lipinski definition) is 3. The van der Waals surface area contributed by atoms with Crippen LogP contribution in [0.4, 0.5) is 18.9 Å². The summed E-state index contributed by atoms with van der Waals surface area (Å²) in [5.41, 5.74) is 4.68. The quantitative estimate of drug-likeness (QED) is 0.487. The summed E-state index contributed by atoms with van der Waals surface area (Å²) >= 11 is 1.42. The third-order valence-electron chi connectivity index (χ3n) is 2.84. The summed E-state index contributed by atoms with van der Waals surface area (Å²) in [6.45, 7) is 3.73. The third kappa shape index (κ3) is 4.97. The molecule has 1 aromatic rings. The van der Waals surface area contributed by atoms with Crippen LogP contribution in [0.1, 0.15) is 32.3 Å². The molecular weight excluding hydrogens is 285 g/mol. The molecule has 0 aliphatic rings. The molecule has 6 heteroatoms. The predicted octanol–water partition coefficient (Wildman–Crippen LogP) is 4.71. The first kappa shape index (κ1) is 16.7. The minimum Gasteiger partial charge on any atom is -0.398 e. The van der Waals surface area contributed by atoms with Crippen LogP contribution in [0.3, 0.4) is 0 Å². The highest BCUT2D eigenvalue weighted by Crippen LogP contribution is 2.34. The Kier molecular flexibility index (Phi) is 5.35. The Hall–Kier alpha value is -1.35. The van der Waals surface area contributed by atoms with E-state index in [4.69, 9.17) is 11.0 Å². The van der Waals surface area contributed by atoms with Crippen LogP contribution in [-0.4, -0.2) is 5.75 Å². The van der Waals surface area contributed by atoms with Gasteiger partial charge in [-0.1, -0.05) is 0 Å². The maximum Gasteiger partial charge on any atom is 0.416 e. The van der Waals surface area contributed by atoms with Crippen molar-refractivity contribution in [2.24, 2.45) is 5.41 Å². The summed E-state index contributed by atoms with van der Waals surface area (Å²) in [5, 5.41) is 8.88. The molecule has 2 nitrogen and oxygen atoms in total. The molecule has 0 aliphatic carbocycles. The van der Waals surface area contributed by atoms with Gasteiger partial charge in [0.05, 0.1) is 17.0 Å². The van der Waals surface area contributed by atoms with E-state index in [2.05, 4.69) is 6.07 Å². The molecule has 0 unspecified atom stereocenters. The van der Waals surface area contributed by atoms with Crippen LogP contribution in [0.25, 0.3) is 0 Å². The van der Waals surface area contributed by atoms with Gasteiger partial charge in [0.2, 0.25) is 0 Å². The van der Waals surface area contributed by atoms with Gasteiger partial charge in [-0.15, -0.1) is 11.8 Å². The van der Waals surface area contributed by atoms with Gasteiger partial charge in [-0.25, -0.2) is 0 Å². The van der Waals surface area contributed by atoms with E-state index in [0.29, 0.717) is 4.90 Å². The number of benzene rings is 1. The van der Waals surface area contributed by atoms with Gasteiger partial charge < -0.3 is 5.73 Å². The molecule has 2 N–H and O–H groups in total. The van der Waals surface area contributed by atoms with Gasteiger partial charge in [-0.05, 0) is 50.6 Å². The molecule has 0 saturated heterocycles. The highest BCUT2D eigenvalue weighted by molar-refractivity contribution is 7.99. The lowest BCUT2D eigenvalue weighted by molar-refractivity contribution is -0.137. The standard InChI is InChI=1S/C14H17F3N2S/c1-13(2,9-18)6-3-7-20-12-5-4-10(8-11(12)19)14(15,16)17/h4-5,8H,3,6-7,19H2,1-2H3. The second-order valence-electron chi connectivity index (χ2n) is 5.20. The molecule has 0 spiro atoms. The van der Waals surface area contributed by atoms with Crippen LogP contribution < -0.4 is 5.73 Å². The molecule has 0 aromatic heterocycles. The van der Waals surface area contributed by atoms with Crippen molar-refractivity contribution >= 4 is 17.4 Å². The minimum atomic E-state index is -4.37. The van der Waals surface area contributed by atoms with Gasteiger partial charge >= 0.3 is 6.18 Å². The van der Waals surface area contributed by atoms with E-state index < -0.39 is 11.7 Å². The SMILES string of the molecule is CC(C)(C#N)CCCSc1ccc(C(F)(F)F)cc1N. The first-order valence-electron chi connectivity index (χ1n) is 6.16. The van der Waals surface area contributed by atoms with Crippen LogP contribution >= 0.6 is 11.8 Å². The first-order chi connectivity index (χ1) is 9.15. The molecule has 0 atom stereocenters. The summed E-state index contributed by atoms with van der Waals surface area (Å²) in [6.07, 6.45) is -2.81. The number of nitrogens with two attached hydrogens (primary N) is 1. The number of halogens is 3. The first-order valence-corrected chi connectivity index (χ1v) is 7.15. The van der Waals surface area contributed by atoms with Crippen LogP contribution in [0.5, 0.6) is 0 Å². The number of nitrogens with zero attached hydrogens (tertiary/aromatic N) is 1. The largest absolute Gasteiger partial charge is 0.416 e. The number of alkyl halides is 3. The predicted molar refractivity (Wildman–Crippen MR) is 75.2 cm³/mol. The molecule has 20 heavy (non-hydrogen) atoms. The van der Waals surface area contributed by atoms with E-state index in [-0.39, 0.29) is 11.1 Å². The number of anilines is 1. The van der Waals surface area contributed by atoms with E-state index in [1.54, 1.807) is 0 Å². The van der Waals surface area contributed by atoms with Gasteiger partial charge in [-0.3, -0.25) is 0 Å². The lowest BCUT2D eigenvalue weighted by Gasteiger charge is -2.14. The summed E-state index contributed by atoms with van der Waals surface area (Å²) in [4.78, 5) is 0.646. The normalized spacial score (nSPS) is 12.2. The van der Waals surface area contributed by atoms with E-state index >= 15 is 0 Å². The maximum atomic E-state index is 12.5. The Morgan fingerprint density at radius 3 is 2.45 bits per heavy atom. The molecule has 0 fully saturated rings. The monoisotopic (exact) mass is 302 g/mol. The zero-order valence-corrected chi connectivity index (χ0v) is 12.2. The van der Waals surface area contributed by atoms with Crippen LogP contribution in [0.15, 0.2) is 23.1 Å². The zero-order chi connectivity index (χ0) is 15.4. The lowest BCUT2D eigenvalue weighted by Crippen LogP contribution is -2.08. The van der Waals surface area contributed by atoms with Gasteiger partial charge in [0.15, 0.2) is 0 Å². The Morgan fingerprint density at radius 1 is 1.30 bits per heavy atom. The van der Waals surface area contributed by atoms with Crippen LogP contribution in [0.2, 0.25) is 0 Å². The summed E-state index contributed by atoms with van der Waals surface area (Å²) in [7, 11) is 0. The fraction of sp³-hybridized carbons (Fsp3) is 0.500. The van der Waals surface area contributed by atoms with E-state index in [9.17, 15) is 13.2 Å². The highest BCUT2D eigenvalue weighted by Gasteiger charge is 2.30. The molecule has 1 aromatic carbocycles. The maximum absolute atomic E-state index is 12.5. The molecule has 0 amide bonds. The van der Waals surface area contributed by atoms with Gasteiger partial charge in [0.25, 0.3) is 0 Å². The lowest BCUT2D eigenvalue weighted by atomic mass is 9.90. The Balaban J connectivity index is 2.56. The van der Waals surface area contributed by atoms with Crippen LogP contribution in [-0.2, 0) is 6.18 Å². The number of rotatable bonds is 5. The number of hydrogen-bond donors (Lipinski definition) is 1. The molecule has 1 rings (SSSR count). The smallest absolute Gasteiger partial charge is 0.398 e. The zero-order valence-electron chi connectivity index (χ0n) is 11.4. The van der Waals surface area contributed by atoms with E-state index in [0.717, 1.165) is 30.7 Å². The highest BCUT2D eigenvalue weighted by atomic mass is 32.2. The fourth-order valence-electron chi connectivity index (χ4n) is 1.61.